The van der Waals surface area contributed by atoms with Crippen LogP contribution in [0.25, 0.3) is 10.9 Å². The van der Waals surface area contributed by atoms with Crippen LogP contribution in [0.15, 0.2) is 30.5 Å². The summed E-state index contributed by atoms with van der Waals surface area (Å²) in [4.78, 5) is 3.93. The fourth-order valence-electron chi connectivity index (χ4n) is 1.40. The van der Waals surface area contributed by atoms with E-state index in [2.05, 4.69) is 4.98 Å². The summed E-state index contributed by atoms with van der Waals surface area (Å²) < 4.78 is 18.6. The Kier molecular flexibility index (Phi) is 2.78. The average molecular weight is 207 g/mol. The van der Waals surface area contributed by atoms with Crippen LogP contribution in [0.1, 0.15) is 0 Å². The normalized spacial score (nSPS) is 10.5. The quantitative estimate of drug-likeness (QED) is 0.833. The van der Waals surface area contributed by atoms with Gasteiger partial charge >= 0.3 is 0 Å². The van der Waals surface area contributed by atoms with Crippen molar-refractivity contribution in [2.24, 2.45) is 0 Å². The molecule has 15 heavy (non-hydrogen) atoms. The maximum atomic E-state index is 13.3. The minimum atomic E-state index is -0.373. The van der Waals surface area contributed by atoms with Crippen LogP contribution >= 0.6 is 0 Å². The standard InChI is InChI=1S/C11H10FNO2/c12-9-3-1-2-8-10(15-7-6-14)4-5-13-11(8)9/h1-5,14H,6-7H2. The number of benzene rings is 1. The molecule has 1 aromatic heterocycles. The molecule has 1 N–H and O–H groups in total. The molecule has 0 spiro atoms. The van der Waals surface area contributed by atoms with Crippen LogP contribution in [0.5, 0.6) is 5.75 Å². The number of aliphatic hydroxyl groups excluding tert-OH is 1. The number of hydrogen-bond acceptors (Lipinski definition) is 3. The van der Waals surface area contributed by atoms with Crippen molar-refractivity contribution in [1.82, 2.24) is 4.98 Å². The van der Waals surface area contributed by atoms with Crippen LogP contribution in [-0.2, 0) is 0 Å². The Morgan fingerprint density at radius 1 is 1.33 bits per heavy atom. The second-order valence-corrected chi connectivity index (χ2v) is 3.02. The van der Waals surface area contributed by atoms with E-state index in [-0.39, 0.29) is 24.5 Å². The highest BCUT2D eigenvalue weighted by molar-refractivity contribution is 5.85. The zero-order valence-corrected chi connectivity index (χ0v) is 7.98. The molecule has 0 bridgehead atoms. The molecule has 2 rings (SSSR count). The first kappa shape index (κ1) is 9.86. The third-order valence-corrected chi connectivity index (χ3v) is 2.03. The van der Waals surface area contributed by atoms with E-state index in [9.17, 15) is 4.39 Å². The zero-order valence-electron chi connectivity index (χ0n) is 7.98. The Labute approximate surface area is 86.1 Å². The number of para-hydroxylation sites is 1. The molecule has 3 nitrogen and oxygen atoms in total. The van der Waals surface area contributed by atoms with Crippen molar-refractivity contribution in [2.75, 3.05) is 13.2 Å². The second kappa shape index (κ2) is 4.23. The van der Waals surface area contributed by atoms with E-state index < -0.39 is 0 Å². The van der Waals surface area contributed by atoms with E-state index >= 15 is 0 Å². The summed E-state index contributed by atoms with van der Waals surface area (Å²) in [7, 11) is 0. The van der Waals surface area contributed by atoms with Crippen molar-refractivity contribution >= 4 is 10.9 Å². The Morgan fingerprint density at radius 2 is 2.20 bits per heavy atom. The SMILES string of the molecule is OCCOc1ccnc2c(F)cccc12. The number of pyridine rings is 1. The molecule has 1 heterocycles. The van der Waals surface area contributed by atoms with Crippen molar-refractivity contribution < 1.29 is 14.2 Å². The predicted octanol–water partition coefficient (Wildman–Crippen LogP) is 1.74. The van der Waals surface area contributed by atoms with E-state index in [1.807, 2.05) is 0 Å². The van der Waals surface area contributed by atoms with E-state index in [1.165, 1.54) is 12.3 Å². The first-order chi connectivity index (χ1) is 7.33. The minimum absolute atomic E-state index is 0.0703. The number of aromatic nitrogens is 1. The highest BCUT2D eigenvalue weighted by Gasteiger charge is 2.06. The number of fused-ring (bicyclic) bond motifs is 1. The lowest BCUT2D eigenvalue weighted by atomic mass is 10.2. The summed E-state index contributed by atoms with van der Waals surface area (Å²) in [6, 6.07) is 6.34. The molecular formula is C11H10FNO2. The van der Waals surface area contributed by atoms with Gasteiger partial charge in [0.15, 0.2) is 0 Å². The monoisotopic (exact) mass is 207 g/mol. The molecule has 0 amide bonds. The van der Waals surface area contributed by atoms with E-state index in [0.717, 1.165) is 0 Å². The summed E-state index contributed by atoms with van der Waals surface area (Å²) in [5.41, 5.74) is 0.285. The van der Waals surface area contributed by atoms with Crippen LogP contribution in [0.2, 0.25) is 0 Å². The van der Waals surface area contributed by atoms with Gasteiger partial charge in [-0.1, -0.05) is 6.07 Å². The lowest BCUT2D eigenvalue weighted by molar-refractivity contribution is 0.202. The molecule has 0 saturated heterocycles. The molecule has 0 aliphatic carbocycles. The van der Waals surface area contributed by atoms with E-state index in [4.69, 9.17) is 9.84 Å². The number of hydrogen-bond donors (Lipinski definition) is 1. The number of ether oxygens (including phenoxy) is 1. The minimum Gasteiger partial charge on any atom is -0.490 e. The summed E-state index contributed by atoms with van der Waals surface area (Å²) in [6.45, 7) is 0.120. The number of nitrogens with zero attached hydrogens (tertiary/aromatic N) is 1. The summed E-state index contributed by atoms with van der Waals surface area (Å²) in [5.74, 6) is 0.162. The van der Waals surface area contributed by atoms with Gasteiger partial charge in [-0.25, -0.2) is 4.39 Å². The number of halogens is 1. The van der Waals surface area contributed by atoms with Crippen LogP contribution < -0.4 is 4.74 Å². The fourth-order valence-corrected chi connectivity index (χ4v) is 1.40. The van der Waals surface area contributed by atoms with Gasteiger partial charge in [-0.2, -0.15) is 0 Å². The van der Waals surface area contributed by atoms with Crippen LogP contribution in [0.4, 0.5) is 4.39 Å². The van der Waals surface area contributed by atoms with Gasteiger partial charge in [-0.3, -0.25) is 4.98 Å². The average Bonchev–Trinajstić information content (AvgIpc) is 2.27. The summed E-state index contributed by atoms with van der Waals surface area (Å²) in [5, 5.41) is 9.26. The lowest BCUT2D eigenvalue weighted by Crippen LogP contribution is -2.02. The molecule has 0 radical (unpaired) electrons. The van der Waals surface area contributed by atoms with E-state index in [1.54, 1.807) is 18.2 Å². The first-order valence-electron chi connectivity index (χ1n) is 4.60. The third-order valence-electron chi connectivity index (χ3n) is 2.03. The molecule has 2 aromatic rings. The van der Waals surface area contributed by atoms with Gasteiger partial charge < -0.3 is 9.84 Å². The van der Waals surface area contributed by atoms with Crippen molar-refractivity contribution in [3.63, 3.8) is 0 Å². The van der Waals surface area contributed by atoms with Gasteiger partial charge in [0.05, 0.1) is 6.61 Å². The van der Waals surface area contributed by atoms with Crippen LogP contribution in [0, 0.1) is 5.82 Å². The molecule has 0 unspecified atom stereocenters. The Hall–Kier alpha value is -1.68. The lowest BCUT2D eigenvalue weighted by Gasteiger charge is -2.07. The maximum absolute atomic E-state index is 13.3. The van der Waals surface area contributed by atoms with Crippen molar-refractivity contribution in [1.29, 1.82) is 0 Å². The Bertz CT molecular complexity index is 473. The predicted molar refractivity (Wildman–Crippen MR) is 54.3 cm³/mol. The highest BCUT2D eigenvalue weighted by Crippen LogP contribution is 2.25. The largest absolute Gasteiger partial charge is 0.490 e. The van der Waals surface area contributed by atoms with E-state index in [0.29, 0.717) is 11.1 Å². The Balaban J connectivity index is 2.51. The molecular weight excluding hydrogens is 197 g/mol. The molecule has 1 aromatic carbocycles. The van der Waals surface area contributed by atoms with Gasteiger partial charge in [0.2, 0.25) is 0 Å². The molecule has 0 fully saturated rings. The molecule has 4 heteroatoms. The molecule has 0 aliphatic rings. The first-order valence-corrected chi connectivity index (χ1v) is 4.60. The summed E-state index contributed by atoms with van der Waals surface area (Å²) >= 11 is 0. The molecule has 0 saturated carbocycles. The van der Waals surface area contributed by atoms with Crippen LogP contribution in [0.3, 0.4) is 0 Å². The fraction of sp³-hybridized carbons (Fsp3) is 0.182. The Morgan fingerprint density at radius 3 is 3.00 bits per heavy atom. The molecule has 78 valence electrons. The van der Waals surface area contributed by atoms with Gasteiger partial charge in [0.1, 0.15) is 23.7 Å². The maximum Gasteiger partial charge on any atom is 0.149 e. The number of aliphatic hydroxyl groups is 1. The summed E-state index contributed by atoms with van der Waals surface area (Å²) in [6.07, 6.45) is 1.48. The van der Waals surface area contributed by atoms with Crippen molar-refractivity contribution in [3.05, 3.63) is 36.3 Å². The van der Waals surface area contributed by atoms with Crippen LogP contribution in [-0.4, -0.2) is 23.3 Å². The van der Waals surface area contributed by atoms with Crippen molar-refractivity contribution in [3.8, 4) is 5.75 Å². The molecule has 0 aliphatic heterocycles. The molecule has 0 atom stereocenters. The zero-order chi connectivity index (χ0) is 10.7. The van der Waals surface area contributed by atoms with Gasteiger partial charge in [0.25, 0.3) is 0 Å². The van der Waals surface area contributed by atoms with Gasteiger partial charge in [0, 0.05) is 11.6 Å². The highest BCUT2D eigenvalue weighted by atomic mass is 19.1. The smallest absolute Gasteiger partial charge is 0.149 e. The van der Waals surface area contributed by atoms with Gasteiger partial charge in [-0.15, -0.1) is 0 Å². The van der Waals surface area contributed by atoms with Gasteiger partial charge in [-0.05, 0) is 18.2 Å². The number of rotatable bonds is 3. The second-order valence-electron chi connectivity index (χ2n) is 3.02. The van der Waals surface area contributed by atoms with Crippen molar-refractivity contribution in [2.45, 2.75) is 0 Å². The topological polar surface area (TPSA) is 42.4 Å². The third kappa shape index (κ3) is 1.89.